The number of rotatable bonds is 5. The monoisotopic (exact) mass is 325 g/mol. The molecule has 0 saturated heterocycles. The van der Waals surface area contributed by atoms with Crippen molar-refractivity contribution in [2.45, 2.75) is 33.2 Å². The molecule has 0 aromatic carbocycles. The van der Waals surface area contributed by atoms with Crippen LogP contribution in [0.2, 0.25) is 0 Å². The van der Waals surface area contributed by atoms with Gasteiger partial charge in [-0.2, -0.15) is 0 Å². The summed E-state index contributed by atoms with van der Waals surface area (Å²) in [4.78, 5) is 10.1. The molecule has 5 heteroatoms. The fraction of sp³-hybridized carbons (Fsp3) is 0.385. The van der Waals surface area contributed by atoms with Gasteiger partial charge in [0.25, 0.3) is 0 Å². The maximum absolute atomic E-state index is 4.46. The Morgan fingerprint density at radius 1 is 1.28 bits per heavy atom. The lowest BCUT2D eigenvalue weighted by molar-refractivity contribution is 0.921. The minimum absolute atomic E-state index is 0.827. The second-order valence-corrected chi connectivity index (χ2v) is 5.73. The quantitative estimate of drug-likeness (QED) is 0.843. The Kier molecular flexibility index (Phi) is 4.72. The van der Waals surface area contributed by atoms with Crippen molar-refractivity contribution in [3.63, 3.8) is 0 Å². The first-order valence-corrected chi connectivity index (χ1v) is 7.72. The highest BCUT2D eigenvalue weighted by Gasteiger charge is 2.04. The molecule has 0 spiro atoms. The molecule has 18 heavy (non-hydrogen) atoms. The molecule has 1 N–H and O–H groups in total. The number of hydrogen-bond acceptors (Lipinski definition) is 4. The van der Waals surface area contributed by atoms with Crippen molar-refractivity contribution in [3.8, 4) is 0 Å². The van der Waals surface area contributed by atoms with E-state index in [1.165, 1.54) is 10.4 Å². The van der Waals surface area contributed by atoms with E-state index in [9.17, 15) is 0 Å². The maximum Gasteiger partial charge on any atom is 0.131 e. The highest BCUT2D eigenvalue weighted by molar-refractivity contribution is 9.10. The predicted molar refractivity (Wildman–Crippen MR) is 80.1 cm³/mol. The van der Waals surface area contributed by atoms with Crippen LogP contribution in [-0.2, 0) is 19.4 Å². The molecular formula is C13H16BrN3S. The molecule has 0 bridgehead atoms. The lowest BCUT2D eigenvalue weighted by Crippen LogP contribution is -2.04. The van der Waals surface area contributed by atoms with Crippen molar-refractivity contribution >= 4 is 33.1 Å². The molecule has 2 aromatic heterocycles. The van der Waals surface area contributed by atoms with Crippen LogP contribution in [0.1, 0.15) is 30.1 Å². The van der Waals surface area contributed by atoms with Crippen molar-refractivity contribution in [1.82, 2.24) is 9.97 Å². The molecule has 2 rings (SSSR count). The van der Waals surface area contributed by atoms with Crippen LogP contribution >= 0.6 is 27.3 Å². The zero-order chi connectivity index (χ0) is 13.0. The first kappa shape index (κ1) is 13.5. The average Bonchev–Trinajstić information content (AvgIpc) is 2.83. The summed E-state index contributed by atoms with van der Waals surface area (Å²) in [6, 6.07) is 4.10. The van der Waals surface area contributed by atoms with Crippen molar-refractivity contribution in [1.29, 1.82) is 0 Å². The number of aryl methyl sites for hydroxylation is 2. The molecule has 0 atom stereocenters. The molecule has 0 unspecified atom stereocenters. The van der Waals surface area contributed by atoms with Crippen molar-refractivity contribution < 1.29 is 0 Å². The first-order valence-electron chi connectivity index (χ1n) is 6.05. The number of anilines is 1. The van der Waals surface area contributed by atoms with E-state index in [4.69, 9.17) is 0 Å². The lowest BCUT2D eigenvalue weighted by Gasteiger charge is -2.07. The smallest absolute Gasteiger partial charge is 0.131 e. The molecule has 96 valence electrons. The second kappa shape index (κ2) is 6.29. The maximum atomic E-state index is 4.46. The van der Waals surface area contributed by atoms with Crippen LogP contribution in [0.25, 0.3) is 0 Å². The number of thiophene rings is 1. The first-order chi connectivity index (χ1) is 8.72. The number of halogens is 1. The number of nitrogens with one attached hydrogen (secondary N) is 1. The SMILES string of the molecule is CCc1nc(Br)cc(NCc2sccc2CC)n1. The van der Waals surface area contributed by atoms with Gasteiger partial charge < -0.3 is 5.32 Å². The summed E-state index contributed by atoms with van der Waals surface area (Å²) in [5.41, 5.74) is 1.41. The normalized spacial score (nSPS) is 10.6. The Morgan fingerprint density at radius 3 is 2.83 bits per heavy atom. The van der Waals surface area contributed by atoms with Crippen LogP contribution in [0, 0.1) is 0 Å². The molecule has 3 nitrogen and oxygen atoms in total. The van der Waals surface area contributed by atoms with Crippen LogP contribution in [0.4, 0.5) is 5.82 Å². The van der Waals surface area contributed by atoms with Gasteiger partial charge in [0.2, 0.25) is 0 Å². The Bertz CT molecular complexity index is 525. The molecule has 0 radical (unpaired) electrons. The minimum Gasteiger partial charge on any atom is -0.365 e. The molecule has 0 fully saturated rings. The molecule has 0 aliphatic carbocycles. The van der Waals surface area contributed by atoms with E-state index in [1.807, 2.05) is 6.07 Å². The van der Waals surface area contributed by atoms with E-state index in [0.29, 0.717) is 0 Å². The topological polar surface area (TPSA) is 37.8 Å². The number of aromatic nitrogens is 2. The zero-order valence-electron chi connectivity index (χ0n) is 10.5. The van der Waals surface area contributed by atoms with Crippen LogP contribution in [0.5, 0.6) is 0 Å². The van der Waals surface area contributed by atoms with Gasteiger partial charge in [0.15, 0.2) is 0 Å². The Labute approximate surface area is 120 Å². The van der Waals surface area contributed by atoms with Gasteiger partial charge in [0.05, 0.1) is 6.54 Å². The van der Waals surface area contributed by atoms with Gasteiger partial charge in [-0.15, -0.1) is 11.3 Å². The highest BCUT2D eigenvalue weighted by Crippen LogP contribution is 2.19. The fourth-order valence-electron chi connectivity index (χ4n) is 1.72. The van der Waals surface area contributed by atoms with Gasteiger partial charge >= 0.3 is 0 Å². The summed E-state index contributed by atoms with van der Waals surface area (Å²) in [6.45, 7) is 5.06. The van der Waals surface area contributed by atoms with E-state index < -0.39 is 0 Å². The molecule has 0 aliphatic heterocycles. The van der Waals surface area contributed by atoms with Gasteiger partial charge in [-0.3, -0.25) is 0 Å². The Hall–Kier alpha value is -0.940. The largest absolute Gasteiger partial charge is 0.365 e. The summed E-state index contributed by atoms with van der Waals surface area (Å²) in [5, 5.41) is 5.51. The van der Waals surface area contributed by atoms with E-state index >= 15 is 0 Å². The van der Waals surface area contributed by atoms with Gasteiger partial charge in [-0.25, -0.2) is 9.97 Å². The molecule has 2 heterocycles. The van der Waals surface area contributed by atoms with E-state index in [2.05, 4.69) is 56.5 Å². The summed E-state index contributed by atoms with van der Waals surface area (Å²) >= 11 is 5.20. The van der Waals surface area contributed by atoms with E-state index in [0.717, 1.165) is 35.6 Å². The highest BCUT2D eigenvalue weighted by atomic mass is 79.9. The fourth-order valence-corrected chi connectivity index (χ4v) is 3.06. The van der Waals surface area contributed by atoms with Gasteiger partial charge in [-0.1, -0.05) is 13.8 Å². The molecule has 0 amide bonds. The molecular weight excluding hydrogens is 310 g/mol. The number of nitrogens with zero attached hydrogens (tertiary/aromatic N) is 2. The van der Waals surface area contributed by atoms with Gasteiger partial charge in [-0.05, 0) is 39.4 Å². The van der Waals surface area contributed by atoms with Gasteiger partial charge in [0, 0.05) is 17.4 Å². The summed E-state index contributed by atoms with van der Waals surface area (Å²) < 4.78 is 0.832. The van der Waals surface area contributed by atoms with Crippen molar-refractivity contribution in [2.75, 3.05) is 5.32 Å². The van der Waals surface area contributed by atoms with Crippen LogP contribution in [0.3, 0.4) is 0 Å². The third-order valence-electron chi connectivity index (χ3n) is 2.71. The Morgan fingerprint density at radius 2 is 2.11 bits per heavy atom. The summed E-state index contributed by atoms with van der Waals surface area (Å²) in [6.07, 6.45) is 1.92. The summed E-state index contributed by atoms with van der Waals surface area (Å²) in [7, 11) is 0. The molecule has 0 saturated carbocycles. The minimum atomic E-state index is 0.827. The molecule has 0 aliphatic rings. The second-order valence-electron chi connectivity index (χ2n) is 3.92. The van der Waals surface area contributed by atoms with Crippen LogP contribution in [0.15, 0.2) is 22.1 Å². The Balaban J connectivity index is 2.08. The van der Waals surface area contributed by atoms with Gasteiger partial charge in [0.1, 0.15) is 16.2 Å². The van der Waals surface area contributed by atoms with Crippen LogP contribution in [-0.4, -0.2) is 9.97 Å². The third-order valence-corrected chi connectivity index (χ3v) is 4.08. The molecule has 2 aromatic rings. The van der Waals surface area contributed by atoms with Crippen molar-refractivity contribution in [2.24, 2.45) is 0 Å². The van der Waals surface area contributed by atoms with E-state index in [1.54, 1.807) is 11.3 Å². The third kappa shape index (κ3) is 3.29. The number of hydrogen-bond donors (Lipinski definition) is 1. The zero-order valence-corrected chi connectivity index (χ0v) is 12.9. The predicted octanol–water partition coefficient (Wildman–Crippen LogP) is 4.04. The lowest BCUT2D eigenvalue weighted by atomic mass is 10.2. The van der Waals surface area contributed by atoms with Crippen LogP contribution < -0.4 is 5.32 Å². The van der Waals surface area contributed by atoms with Crippen molar-refractivity contribution in [3.05, 3.63) is 38.4 Å². The van der Waals surface area contributed by atoms with E-state index in [-0.39, 0.29) is 0 Å². The average molecular weight is 326 g/mol. The summed E-state index contributed by atoms with van der Waals surface area (Å²) in [5.74, 6) is 1.73. The standard InChI is InChI=1S/C13H16BrN3S/c1-3-9-5-6-18-10(9)8-15-13-7-11(14)16-12(4-2)17-13/h5-7H,3-4,8H2,1-2H3,(H,15,16,17).